The van der Waals surface area contributed by atoms with Crippen molar-refractivity contribution in [1.82, 2.24) is 0 Å². The maximum absolute atomic E-state index is 10.3. The summed E-state index contributed by atoms with van der Waals surface area (Å²) in [5, 5.41) is 8.46. The molecule has 0 rings (SSSR count). The largest absolute Gasteiger partial charge is 1.00 e. The van der Waals surface area contributed by atoms with E-state index < -0.39 is 13.8 Å². The molecule has 6 nitrogen and oxygen atoms in total. The third-order valence-electron chi connectivity index (χ3n) is 2.99. The molecule has 0 spiro atoms. The van der Waals surface area contributed by atoms with Gasteiger partial charge in [-0.25, -0.2) is 4.57 Å². The van der Waals surface area contributed by atoms with Crippen LogP contribution in [-0.2, 0) is 9.36 Å². The van der Waals surface area contributed by atoms with Crippen LogP contribution in [0.5, 0.6) is 0 Å². The van der Waals surface area contributed by atoms with E-state index in [0.29, 0.717) is 6.42 Å². The van der Waals surface area contributed by atoms with E-state index >= 15 is 0 Å². The Hall–Kier alpha value is 0.580. The van der Waals surface area contributed by atoms with Crippen LogP contribution in [-0.4, -0.2) is 25.8 Å². The van der Waals surface area contributed by atoms with Gasteiger partial charge in [-0.05, 0) is 6.42 Å². The molecule has 0 aliphatic carbocycles. The van der Waals surface area contributed by atoms with Crippen molar-refractivity contribution in [3.63, 3.8) is 0 Å². The van der Waals surface area contributed by atoms with Gasteiger partial charge in [-0.1, -0.05) is 71.1 Å². The molecule has 0 saturated heterocycles. The summed E-state index contributed by atoms with van der Waals surface area (Å²) in [4.78, 5) is 31.8. The van der Waals surface area contributed by atoms with Crippen molar-refractivity contribution in [3.05, 3.63) is 0 Å². The van der Waals surface area contributed by atoms with E-state index in [2.05, 4.69) is 6.92 Å². The van der Waals surface area contributed by atoms with Gasteiger partial charge in [0.2, 0.25) is 0 Å². The summed E-state index contributed by atoms with van der Waals surface area (Å²) in [6, 6.07) is 0. The molecule has 4 N–H and O–H groups in total. The van der Waals surface area contributed by atoms with Crippen LogP contribution in [0, 0.1) is 0 Å². The summed E-state index contributed by atoms with van der Waals surface area (Å²) in [6.45, 7) is 2.25. The minimum atomic E-state index is -4.64. The van der Waals surface area contributed by atoms with Gasteiger partial charge in [-0.2, -0.15) is 0 Å². The fraction of sp³-hybridized carbons (Fsp3) is 0.929. The number of phosphoric acid groups is 1. The Kier molecular flexibility index (Phi) is 24.5. The first-order chi connectivity index (χ1) is 9.77. The summed E-state index contributed by atoms with van der Waals surface area (Å²) in [5.41, 5.74) is 0. The molecular weight excluding hydrogens is 318 g/mol. The number of carbonyl (C=O) groups is 1. The number of hydrogen-bond donors (Lipinski definition) is 4. The molecule has 0 bridgehead atoms. The van der Waals surface area contributed by atoms with E-state index in [1.54, 1.807) is 0 Å². The van der Waals surface area contributed by atoms with E-state index in [4.69, 9.17) is 24.4 Å². The quantitative estimate of drug-likeness (QED) is 0.237. The third kappa shape index (κ3) is 42.8. The second-order valence-corrected chi connectivity index (χ2v) is 6.22. The molecule has 0 amide bonds. The van der Waals surface area contributed by atoms with E-state index in [9.17, 15) is 4.79 Å². The summed E-state index contributed by atoms with van der Waals surface area (Å²) in [7, 11) is -4.64. The van der Waals surface area contributed by atoms with E-state index in [-0.39, 0.29) is 31.0 Å². The second-order valence-electron chi connectivity index (χ2n) is 5.19. The first kappa shape index (κ1) is 27.4. The van der Waals surface area contributed by atoms with Gasteiger partial charge in [0.05, 0.1) is 0 Å². The molecule has 0 aromatic carbocycles. The Morgan fingerprint density at radius 2 is 1.09 bits per heavy atom. The first-order valence-corrected chi connectivity index (χ1v) is 9.34. The zero-order valence-corrected chi connectivity index (χ0v) is 16.9. The van der Waals surface area contributed by atoms with Crippen molar-refractivity contribution >= 4 is 13.8 Å². The van der Waals surface area contributed by atoms with Crippen LogP contribution in [0.25, 0.3) is 0 Å². The van der Waals surface area contributed by atoms with Crippen molar-refractivity contribution in [2.45, 2.75) is 84.0 Å². The van der Waals surface area contributed by atoms with Gasteiger partial charge in [0.25, 0.3) is 0 Å². The van der Waals surface area contributed by atoms with E-state index in [0.717, 1.165) is 12.8 Å². The van der Waals surface area contributed by atoms with Crippen LogP contribution in [0.15, 0.2) is 0 Å². The number of carboxylic acid groups (broad SMARTS) is 1. The van der Waals surface area contributed by atoms with Crippen LogP contribution in [0.4, 0.5) is 0 Å². The molecule has 0 heterocycles. The molecule has 22 heavy (non-hydrogen) atoms. The van der Waals surface area contributed by atoms with Crippen molar-refractivity contribution in [1.29, 1.82) is 0 Å². The summed E-state index contributed by atoms with van der Waals surface area (Å²) >= 11 is 0. The van der Waals surface area contributed by atoms with Crippen molar-refractivity contribution < 1.29 is 60.1 Å². The van der Waals surface area contributed by atoms with Gasteiger partial charge >= 0.3 is 43.3 Å². The Balaban J connectivity index is -0.000000225. The molecular formula is C14H32NaO6P. The molecule has 0 atom stereocenters. The molecule has 0 unspecified atom stereocenters. The molecule has 130 valence electrons. The first-order valence-electron chi connectivity index (χ1n) is 7.77. The fourth-order valence-corrected chi connectivity index (χ4v) is 1.94. The Labute approximate surface area is 157 Å². The number of hydrogen-bond acceptors (Lipinski definition) is 2. The molecule has 0 saturated carbocycles. The molecule has 8 heteroatoms. The van der Waals surface area contributed by atoms with Crippen molar-refractivity contribution in [3.8, 4) is 0 Å². The van der Waals surface area contributed by atoms with Crippen LogP contribution in [0.3, 0.4) is 0 Å². The third-order valence-corrected chi connectivity index (χ3v) is 2.99. The fourth-order valence-electron chi connectivity index (χ4n) is 1.94. The standard InChI is InChI=1S/C14H28O2.Na.H3O4P.H/c1-2-3-4-5-6-7-8-9-10-11-12-13-14(15)16;;1-5(2,3)4;/h2-13H2,1H3,(H,15,16);;(H3,1,2,3,4);/q;+1;;-1. The van der Waals surface area contributed by atoms with Crippen LogP contribution in [0.1, 0.15) is 85.4 Å². The number of unbranched alkanes of at least 4 members (excludes halogenated alkanes) is 10. The normalized spacial score (nSPS) is 10.4. The number of aliphatic carboxylic acids is 1. The van der Waals surface area contributed by atoms with E-state index in [1.807, 2.05) is 0 Å². The predicted octanol–water partition coefficient (Wildman–Crippen LogP) is 0.960. The Morgan fingerprint density at radius 3 is 1.36 bits per heavy atom. The molecule has 0 fully saturated rings. The zero-order valence-electron chi connectivity index (χ0n) is 15.0. The monoisotopic (exact) mass is 350 g/mol. The SMILES string of the molecule is CCCCCCCCCCCCCC(=O)O.O=P(O)(O)O.[H-].[Na+]. The van der Waals surface area contributed by atoms with Crippen molar-refractivity contribution in [2.75, 3.05) is 0 Å². The zero-order chi connectivity index (χ0) is 16.6. The van der Waals surface area contributed by atoms with Gasteiger partial charge in [0.15, 0.2) is 0 Å². The molecule has 0 radical (unpaired) electrons. The Morgan fingerprint density at radius 1 is 0.818 bits per heavy atom. The predicted molar refractivity (Wildman–Crippen MR) is 84.1 cm³/mol. The number of carboxylic acids is 1. The maximum atomic E-state index is 10.3. The molecule has 0 aliphatic heterocycles. The van der Waals surface area contributed by atoms with Gasteiger partial charge in [-0.15, -0.1) is 0 Å². The topological polar surface area (TPSA) is 115 Å². The van der Waals surface area contributed by atoms with Crippen LogP contribution >= 0.6 is 7.82 Å². The molecule has 0 aromatic heterocycles. The minimum absolute atomic E-state index is 0. The van der Waals surface area contributed by atoms with Gasteiger partial charge in [0.1, 0.15) is 0 Å². The second kappa shape index (κ2) is 19.6. The Bertz CT molecular complexity index is 280. The average molecular weight is 350 g/mol. The molecule has 0 aliphatic rings. The van der Waals surface area contributed by atoms with Crippen LogP contribution in [0.2, 0.25) is 0 Å². The minimum Gasteiger partial charge on any atom is -1.00 e. The molecule has 0 aromatic rings. The summed E-state index contributed by atoms with van der Waals surface area (Å²) in [5.74, 6) is -0.657. The maximum Gasteiger partial charge on any atom is 1.00 e. The van der Waals surface area contributed by atoms with E-state index in [1.165, 1.54) is 57.8 Å². The smallest absolute Gasteiger partial charge is 1.00 e. The van der Waals surface area contributed by atoms with Gasteiger partial charge in [-0.3, -0.25) is 4.79 Å². The van der Waals surface area contributed by atoms with Crippen LogP contribution < -0.4 is 29.6 Å². The number of rotatable bonds is 12. The summed E-state index contributed by atoms with van der Waals surface area (Å²) in [6.07, 6.45) is 14.4. The summed E-state index contributed by atoms with van der Waals surface area (Å²) < 4.78 is 8.88. The van der Waals surface area contributed by atoms with Gasteiger partial charge in [0, 0.05) is 6.42 Å². The average Bonchev–Trinajstić information content (AvgIpc) is 2.33. The van der Waals surface area contributed by atoms with Gasteiger partial charge < -0.3 is 21.2 Å². The van der Waals surface area contributed by atoms with Crippen molar-refractivity contribution in [2.24, 2.45) is 0 Å².